The van der Waals surface area contributed by atoms with E-state index in [0.29, 0.717) is 0 Å². The molecule has 1 aromatic heterocycles. The van der Waals surface area contributed by atoms with Gasteiger partial charge < -0.3 is 14.9 Å². The molecule has 3 nitrogen and oxygen atoms in total. The second-order valence-corrected chi connectivity index (χ2v) is 5.16. The molecule has 0 saturated carbocycles. The number of fused-ring (bicyclic) bond motifs is 1. The molecule has 1 unspecified atom stereocenters. The molecule has 3 aromatic rings. The molecule has 0 fully saturated rings. The average Bonchev–Trinajstić information content (AvgIpc) is 2.92. The number of rotatable bonds is 5. The summed E-state index contributed by atoms with van der Waals surface area (Å²) in [6.45, 7) is 2.12. The van der Waals surface area contributed by atoms with Crippen LogP contribution in [0.4, 0.5) is 0 Å². The lowest BCUT2D eigenvalue weighted by Gasteiger charge is -2.04. The minimum absolute atomic E-state index is 0.0408. The van der Waals surface area contributed by atoms with Crippen LogP contribution >= 0.6 is 0 Å². The molecule has 2 N–H and O–H groups in total. The van der Waals surface area contributed by atoms with Crippen molar-refractivity contribution in [3.63, 3.8) is 0 Å². The van der Waals surface area contributed by atoms with Gasteiger partial charge in [-0.1, -0.05) is 31.5 Å². The van der Waals surface area contributed by atoms with Crippen molar-refractivity contribution in [2.45, 2.75) is 25.8 Å². The van der Waals surface area contributed by atoms with Crippen LogP contribution in [0.3, 0.4) is 0 Å². The highest BCUT2D eigenvalue weighted by atomic mass is 16.5. The van der Waals surface area contributed by atoms with Crippen LogP contribution < -0.4 is 10.5 Å². The first-order valence-electron chi connectivity index (χ1n) is 7.28. The third-order valence-corrected chi connectivity index (χ3v) is 3.45. The number of para-hydroxylation sites is 1. The van der Waals surface area contributed by atoms with Crippen molar-refractivity contribution < 1.29 is 9.15 Å². The molecule has 2 aromatic carbocycles. The molecule has 0 aliphatic carbocycles. The third kappa shape index (κ3) is 3.09. The van der Waals surface area contributed by atoms with Crippen molar-refractivity contribution in [2.75, 3.05) is 0 Å². The van der Waals surface area contributed by atoms with Crippen molar-refractivity contribution in [1.29, 1.82) is 0 Å². The summed E-state index contributed by atoms with van der Waals surface area (Å²) < 4.78 is 11.6. The maximum Gasteiger partial charge on any atom is 0.134 e. The first-order valence-corrected chi connectivity index (χ1v) is 7.28. The van der Waals surface area contributed by atoms with Crippen molar-refractivity contribution in [3.05, 3.63) is 60.4 Å². The molecular formula is C18H19NO2. The summed E-state index contributed by atoms with van der Waals surface area (Å²) in [7, 11) is 0. The van der Waals surface area contributed by atoms with E-state index in [-0.39, 0.29) is 6.04 Å². The smallest absolute Gasteiger partial charge is 0.134 e. The van der Waals surface area contributed by atoms with Gasteiger partial charge in [-0.25, -0.2) is 0 Å². The highest BCUT2D eigenvalue weighted by Crippen LogP contribution is 2.30. The van der Waals surface area contributed by atoms with E-state index in [1.165, 1.54) is 0 Å². The Balaban J connectivity index is 1.86. The maximum atomic E-state index is 6.11. The van der Waals surface area contributed by atoms with Crippen LogP contribution in [0.25, 0.3) is 11.0 Å². The zero-order valence-corrected chi connectivity index (χ0v) is 12.1. The van der Waals surface area contributed by atoms with Crippen LogP contribution in [0, 0.1) is 0 Å². The van der Waals surface area contributed by atoms with Crippen LogP contribution in [0.15, 0.2) is 59.0 Å². The van der Waals surface area contributed by atoms with Gasteiger partial charge in [0.15, 0.2) is 0 Å². The first kappa shape index (κ1) is 13.7. The fourth-order valence-electron chi connectivity index (χ4n) is 2.37. The van der Waals surface area contributed by atoms with E-state index >= 15 is 0 Å². The summed E-state index contributed by atoms with van der Waals surface area (Å²) in [4.78, 5) is 0. The highest BCUT2D eigenvalue weighted by Gasteiger charge is 2.11. The second kappa shape index (κ2) is 6.02. The fraction of sp³-hybridized carbons (Fsp3) is 0.222. The maximum absolute atomic E-state index is 6.11. The Labute approximate surface area is 124 Å². The lowest BCUT2D eigenvalue weighted by Crippen LogP contribution is -2.08. The predicted octanol–water partition coefficient (Wildman–Crippen LogP) is 5.03. The Kier molecular flexibility index (Phi) is 3.93. The molecule has 1 atom stereocenters. The Morgan fingerprint density at radius 3 is 2.62 bits per heavy atom. The zero-order valence-electron chi connectivity index (χ0n) is 12.1. The molecule has 0 aliphatic rings. The SMILES string of the molecule is CCCC(N)c1cc2cc(Oc3ccccc3)ccc2o1. The number of furan rings is 1. The molecule has 3 heteroatoms. The van der Waals surface area contributed by atoms with E-state index in [2.05, 4.69) is 6.92 Å². The van der Waals surface area contributed by atoms with Crippen LogP contribution in [-0.4, -0.2) is 0 Å². The van der Waals surface area contributed by atoms with Gasteiger partial charge in [0.25, 0.3) is 0 Å². The Morgan fingerprint density at radius 2 is 1.86 bits per heavy atom. The molecule has 0 aliphatic heterocycles. The van der Waals surface area contributed by atoms with Crippen molar-refractivity contribution in [3.8, 4) is 11.5 Å². The van der Waals surface area contributed by atoms with Gasteiger partial charge in [-0.3, -0.25) is 0 Å². The normalized spacial score (nSPS) is 12.5. The Hall–Kier alpha value is -2.26. The molecule has 21 heavy (non-hydrogen) atoms. The lowest BCUT2D eigenvalue weighted by atomic mass is 10.1. The van der Waals surface area contributed by atoms with E-state index < -0.39 is 0 Å². The first-order chi connectivity index (χ1) is 10.3. The van der Waals surface area contributed by atoms with Crippen molar-refractivity contribution in [1.82, 2.24) is 0 Å². The lowest BCUT2D eigenvalue weighted by molar-refractivity contribution is 0.473. The molecule has 0 radical (unpaired) electrons. The molecule has 108 valence electrons. The molecule has 3 rings (SSSR count). The number of hydrogen-bond donors (Lipinski definition) is 1. The summed E-state index contributed by atoms with van der Waals surface area (Å²) in [6.07, 6.45) is 1.97. The van der Waals surface area contributed by atoms with Gasteiger partial charge in [-0.2, -0.15) is 0 Å². The molecule has 0 amide bonds. The fourth-order valence-corrected chi connectivity index (χ4v) is 2.37. The van der Waals surface area contributed by atoms with Crippen LogP contribution in [0.2, 0.25) is 0 Å². The van der Waals surface area contributed by atoms with Gasteiger partial charge in [-0.05, 0) is 42.8 Å². The molecule has 0 spiro atoms. The minimum atomic E-state index is -0.0408. The van der Waals surface area contributed by atoms with Crippen LogP contribution in [0.1, 0.15) is 31.6 Å². The summed E-state index contributed by atoms with van der Waals surface area (Å²) in [5.74, 6) is 2.46. The van der Waals surface area contributed by atoms with Gasteiger partial charge >= 0.3 is 0 Å². The van der Waals surface area contributed by atoms with Crippen LogP contribution in [-0.2, 0) is 0 Å². The quantitative estimate of drug-likeness (QED) is 0.714. The number of nitrogens with two attached hydrogens (primary N) is 1. The third-order valence-electron chi connectivity index (χ3n) is 3.45. The molecular weight excluding hydrogens is 262 g/mol. The Bertz CT molecular complexity index is 718. The van der Waals surface area contributed by atoms with Gasteiger partial charge in [0.05, 0.1) is 6.04 Å². The summed E-state index contributed by atoms with van der Waals surface area (Å²) in [5, 5.41) is 1.02. The summed E-state index contributed by atoms with van der Waals surface area (Å²) in [5.41, 5.74) is 6.95. The zero-order chi connectivity index (χ0) is 14.7. The Morgan fingerprint density at radius 1 is 1.05 bits per heavy atom. The van der Waals surface area contributed by atoms with Crippen molar-refractivity contribution in [2.24, 2.45) is 5.73 Å². The minimum Gasteiger partial charge on any atom is -0.459 e. The standard InChI is InChI=1S/C18H19NO2/c1-2-6-16(19)18-12-13-11-15(9-10-17(13)21-18)20-14-7-4-3-5-8-14/h3-5,7-12,16H,2,6,19H2,1H3. The molecule has 0 saturated heterocycles. The number of hydrogen-bond acceptors (Lipinski definition) is 3. The topological polar surface area (TPSA) is 48.4 Å². The second-order valence-electron chi connectivity index (χ2n) is 5.16. The average molecular weight is 281 g/mol. The number of ether oxygens (including phenoxy) is 1. The predicted molar refractivity (Wildman–Crippen MR) is 84.6 cm³/mol. The van der Waals surface area contributed by atoms with Gasteiger partial charge in [0, 0.05) is 5.39 Å². The van der Waals surface area contributed by atoms with E-state index in [1.54, 1.807) is 0 Å². The van der Waals surface area contributed by atoms with Crippen LogP contribution in [0.5, 0.6) is 11.5 Å². The van der Waals surface area contributed by atoms with Crippen molar-refractivity contribution >= 4 is 11.0 Å². The summed E-state index contributed by atoms with van der Waals surface area (Å²) in [6, 6.07) is 17.5. The monoisotopic (exact) mass is 281 g/mol. The van der Waals surface area contributed by atoms with Gasteiger partial charge in [0.1, 0.15) is 22.8 Å². The molecule has 1 heterocycles. The summed E-state index contributed by atoms with van der Waals surface area (Å²) >= 11 is 0. The van der Waals surface area contributed by atoms with E-state index in [0.717, 1.165) is 41.1 Å². The van der Waals surface area contributed by atoms with E-state index in [1.807, 2.05) is 54.6 Å². The highest BCUT2D eigenvalue weighted by molar-refractivity contribution is 5.79. The number of benzene rings is 2. The molecule has 0 bridgehead atoms. The largest absolute Gasteiger partial charge is 0.459 e. The van der Waals surface area contributed by atoms with E-state index in [9.17, 15) is 0 Å². The van der Waals surface area contributed by atoms with Gasteiger partial charge in [-0.15, -0.1) is 0 Å². The van der Waals surface area contributed by atoms with Gasteiger partial charge in [0.2, 0.25) is 0 Å². The van der Waals surface area contributed by atoms with E-state index in [4.69, 9.17) is 14.9 Å².